The van der Waals surface area contributed by atoms with Crippen molar-refractivity contribution in [3.05, 3.63) is 82.9 Å². The molecule has 0 fully saturated rings. The van der Waals surface area contributed by atoms with Crippen LogP contribution in [0, 0.1) is 13.8 Å². The number of hydrogen-bond donors (Lipinski definition) is 2. The quantitative estimate of drug-likeness (QED) is 0.490. The molecule has 2 N–H and O–H groups in total. The average Bonchev–Trinajstić information content (AvgIpc) is 2.71. The Morgan fingerprint density at radius 1 is 0.875 bits per heavy atom. The molecule has 0 aliphatic heterocycles. The molecule has 0 aliphatic carbocycles. The largest absolute Gasteiger partial charge is 0.573 e. The van der Waals surface area contributed by atoms with Crippen LogP contribution in [0.4, 0.5) is 18.9 Å². The molecule has 0 atom stereocenters. The summed E-state index contributed by atoms with van der Waals surface area (Å²) in [6.45, 7) is 3.65. The number of aryl methyl sites for hydroxylation is 2. The van der Waals surface area contributed by atoms with E-state index in [2.05, 4.69) is 10.1 Å². The van der Waals surface area contributed by atoms with E-state index < -0.39 is 24.0 Å². The van der Waals surface area contributed by atoms with Crippen LogP contribution in [0.2, 0.25) is 0 Å². The number of hydrogen-bond acceptors (Lipinski definition) is 4. The fraction of sp³-hybridized carbons (Fsp3) is 0.130. The zero-order valence-corrected chi connectivity index (χ0v) is 17.0. The molecule has 32 heavy (non-hydrogen) atoms. The van der Waals surface area contributed by atoms with Crippen molar-refractivity contribution >= 4 is 17.6 Å². The first-order chi connectivity index (χ1) is 15.0. The fourth-order valence-corrected chi connectivity index (χ4v) is 2.78. The van der Waals surface area contributed by atoms with Gasteiger partial charge in [-0.05, 0) is 85.6 Å². The zero-order chi connectivity index (χ0) is 23.5. The van der Waals surface area contributed by atoms with E-state index in [0.29, 0.717) is 5.69 Å². The highest BCUT2D eigenvalue weighted by atomic mass is 19.4. The predicted octanol–water partition coefficient (Wildman–Crippen LogP) is 5.94. The maximum Gasteiger partial charge on any atom is 0.573 e. The number of nitrogens with one attached hydrogen (secondary N) is 1. The van der Waals surface area contributed by atoms with E-state index in [1.165, 1.54) is 36.4 Å². The number of rotatable bonds is 6. The van der Waals surface area contributed by atoms with E-state index >= 15 is 0 Å². The van der Waals surface area contributed by atoms with Crippen LogP contribution in [0.25, 0.3) is 0 Å². The third-order valence-electron chi connectivity index (χ3n) is 4.52. The number of carboxylic acid groups (broad SMARTS) is 1. The topological polar surface area (TPSA) is 84.9 Å². The van der Waals surface area contributed by atoms with E-state index in [-0.39, 0.29) is 22.6 Å². The number of amides is 1. The van der Waals surface area contributed by atoms with Crippen LogP contribution in [0.3, 0.4) is 0 Å². The fourth-order valence-electron chi connectivity index (χ4n) is 2.78. The Balaban J connectivity index is 1.83. The molecule has 0 spiro atoms. The van der Waals surface area contributed by atoms with Gasteiger partial charge in [-0.2, -0.15) is 0 Å². The minimum Gasteiger partial charge on any atom is -0.478 e. The molecule has 3 aromatic carbocycles. The second kappa shape index (κ2) is 9.01. The number of halogens is 3. The van der Waals surface area contributed by atoms with Crippen LogP contribution in [0.1, 0.15) is 31.8 Å². The van der Waals surface area contributed by atoms with Gasteiger partial charge in [0.1, 0.15) is 17.2 Å². The van der Waals surface area contributed by atoms with Gasteiger partial charge < -0.3 is 19.9 Å². The van der Waals surface area contributed by atoms with Gasteiger partial charge in [0, 0.05) is 5.69 Å². The summed E-state index contributed by atoms with van der Waals surface area (Å²) in [6, 6.07) is 13.7. The molecule has 9 heteroatoms. The molecule has 166 valence electrons. The first kappa shape index (κ1) is 22.7. The zero-order valence-electron chi connectivity index (χ0n) is 17.0. The Kier molecular flexibility index (Phi) is 6.38. The summed E-state index contributed by atoms with van der Waals surface area (Å²) >= 11 is 0. The average molecular weight is 445 g/mol. The molecule has 3 aromatic rings. The molecule has 1 amide bonds. The lowest BCUT2D eigenvalue weighted by atomic mass is 10.0. The van der Waals surface area contributed by atoms with Gasteiger partial charge in [-0.15, -0.1) is 13.2 Å². The van der Waals surface area contributed by atoms with E-state index in [1.807, 2.05) is 13.8 Å². The van der Waals surface area contributed by atoms with Crippen LogP contribution in [-0.2, 0) is 0 Å². The summed E-state index contributed by atoms with van der Waals surface area (Å²) in [7, 11) is 0. The van der Waals surface area contributed by atoms with E-state index in [1.54, 1.807) is 12.1 Å². The van der Waals surface area contributed by atoms with Gasteiger partial charge in [-0.1, -0.05) is 0 Å². The Hall–Kier alpha value is -4.01. The predicted molar refractivity (Wildman–Crippen MR) is 110 cm³/mol. The minimum atomic E-state index is -4.80. The van der Waals surface area contributed by atoms with Crippen LogP contribution < -0.4 is 14.8 Å². The first-order valence-corrected chi connectivity index (χ1v) is 9.31. The van der Waals surface area contributed by atoms with Crippen LogP contribution in [0.5, 0.6) is 17.2 Å². The lowest BCUT2D eigenvalue weighted by Gasteiger charge is -2.15. The van der Waals surface area contributed by atoms with Gasteiger partial charge in [0.05, 0.1) is 11.1 Å². The van der Waals surface area contributed by atoms with Gasteiger partial charge in [0.2, 0.25) is 0 Å². The van der Waals surface area contributed by atoms with Crippen molar-refractivity contribution < 1.29 is 37.3 Å². The maximum absolute atomic E-state index is 12.9. The lowest BCUT2D eigenvalue weighted by molar-refractivity contribution is -0.274. The summed E-state index contributed by atoms with van der Waals surface area (Å²) < 4.78 is 46.6. The lowest BCUT2D eigenvalue weighted by Crippen LogP contribution is -2.17. The molecule has 0 heterocycles. The summed E-state index contributed by atoms with van der Waals surface area (Å²) in [5.74, 6) is -1.56. The number of carboxylic acids is 1. The molecule has 6 nitrogen and oxygen atoms in total. The highest BCUT2D eigenvalue weighted by molar-refractivity contribution is 6.06. The molecule has 0 bridgehead atoms. The van der Waals surface area contributed by atoms with Crippen molar-refractivity contribution in [3.63, 3.8) is 0 Å². The highest BCUT2D eigenvalue weighted by Crippen LogP contribution is 2.31. The number of benzene rings is 3. The smallest absolute Gasteiger partial charge is 0.478 e. The SMILES string of the molecule is Cc1cc(Oc2ccc(OC(F)(F)F)cc2)c(C(=O)Nc2ccc(C(=O)O)cc2)cc1C. The highest BCUT2D eigenvalue weighted by Gasteiger charge is 2.31. The molecular weight excluding hydrogens is 427 g/mol. The number of carbonyl (C=O) groups excluding carboxylic acids is 1. The number of alkyl halides is 3. The van der Waals surface area contributed by atoms with Crippen LogP contribution in [0.15, 0.2) is 60.7 Å². The molecule has 0 radical (unpaired) electrons. The van der Waals surface area contributed by atoms with Gasteiger partial charge >= 0.3 is 12.3 Å². The molecule has 0 saturated heterocycles. The van der Waals surface area contributed by atoms with Crippen LogP contribution >= 0.6 is 0 Å². The minimum absolute atomic E-state index is 0.0798. The Morgan fingerprint density at radius 2 is 1.44 bits per heavy atom. The second-order valence-electron chi connectivity index (χ2n) is 6.89. The number of carbonyl (C=O) groups is 2. The number of anilines is 1. The van der Waals surface area contributed by atoms with E-state index in [4.69, 9.17) is 9.84 Å². The molecule has 0 unspecified atom stereocenters. The number of ether oxygens (including phenoxy) is 2. The normalized spacial score (nSPS) is 11.0. The Labute approximate surface area is 181 Å². The van der Waals surface area contributed by atoms with Crippen molar-refractivity contribution in [1.82, 2.24) is 0 Å². The van der Waals surface area contributed by atoms with E-state index in [0.717, 1.165) is 23.3 Å². The molecule has 0 aliphatic rings. The first-order valence-electron chi connectivity index (χ1n) is 9.31. The maximum atomic E-state index is 12.9. The van der Waals surface area contributed by atoms with Gasteiger partial charge in [-0.25, -0.2) is 4.79 Å². The van der Waals surface area contributed by atoms with Crippen molar-refractivity contribution in [3.8, 4) is 17.2 Å². The summed E-state index contributed by atoms with van der Waals surface area (Å²) in [5.41, 5.74) is 2.34. The van der Waals surface area contributed by atoms with E-state index in [9.17, 15) is 22.8 Å². The number of aromatic carboxylic acids is 1. The third kappa shape index (κ3) is 5.78. The van der Waals surface area contributed by atoms with Crippen molar-refractivity contribution in [2.45, 2.75) is 20.2 Å². The Morgan fingerprint density at radius 3 is 2.00 bits per heavy atom. The molecule has 0 aromatic heterocycles. The monoisotopic (exact) mass is 445 g/mol. The van der Waals surface area contributed by atoms with Crippen molar-refractivity contribution in [2.75, 3.05) is 5.32 Å². The molecule has 3 rings (SSSR count). The van der Waals surface area contributed by atoms with Crippen molar-refractivity contribution in [1.29, 1.82) is 0 Å². The van der Waals surface area contributed by atoms with Gasteiger partial charge in [-0.3, -0.25) is 4.79 Å². The summed E-state index contributed by atoms with van der Waals surface area (Å²) in [6.07, 6.45) is -4.80. The van der Waals surface area contributed by atoms with Gasteiger partial charge in [0.25, 0.3) is 5.91 Å². The summed E-state index contributed by atoms with van der Waals surface area (Å²) in [5, 5.41) is 11.6. The molecular formula is C23H18F3NO5. The Bertz CT molecular complexity index is 1140. The second-order valence-corrected chi connectivity index (χ2v) is 6.89. The molecule has 0 saturated carbocycles. The van der Waals surface area contributed by atoms with Crippen LogP contribution in [-0.4, -0.2) is 23.3 Å². The third-order valence-corrected chi connectivity index (χ3v) is 4.52. The standard InChI is InChI=1S/C23H18F3NO5/c1-13-11-19(21(28)27-16-5-3-15(4-6-16)22(29)30)20(12-14(13)2)31-17-7-9-18(10-8-17)32-23(24,25)26/h3-12H,1-2H3,(H,27,28)(H,29,30). The van der Waals surface area contributed by atoms with Crippen molar-refractivity contribution in [2.24, 2.45) is 0 Å². The van der Waals surface area contributed by atoms with Gasteiger partial charge in [0.15, 0.2) is 0 Å². The summed E-state index contributed by atoms with van der Waals surface area (Å²) in [4.78, 5) is 23.8.